The van der Waals surface area contributed by atoms with Gasteiger partial charge >= 0.3 is 0 Å². The molecule has 154 valence electrons. The Balaban J connectivity index is 1.26. The lowest BCUT2D eigenvalue weighted by molar-refractivity contribution is -0.128. The van der Waals surface area contributed by atoms with Crippen molar-refractivity contribution in [2.24, 2.45) is 0 Å². The Hall–Kier alpha value is -2.93. The van der Waals surface area contributed by atoms with E-state index in [0.29, 0.717) is 18.5 Å². The molecule has 2 aliphatic heterocycles. The Bertz CT molecular complexity index is 1090. The van der Waals surface area contributed by atoms with Gasteiger partial charge in [-0.15, -0.1) is 0 Å². The minimum Gasteiger partial charge on any atom is -0.348 e. The second kappa shape index (κ2) is 8.07. The Morgan fingerprint density at radius 1 is 1.03 bits per heavy atom. The Labute approximate surface area is 179 Å². The van der Waals surface area contributed by atoms with Crippen LogP contribution >= 0.6 is 11.3 Å². The summed E-state index contributed by atoms with van der Waals surface area (Å²) in [6.45, 7) is 3.58. The van der Waals surface area contributed by atoms with Gasteiger partial charge in [-0.3, -0.25) is 9.59 Å². The van der Waals surface area contributed by atoms with E-state index in [1.54, 1.807) is 11.3 Å². The maximum absolute atomic E-state index is 12.7. The molecule has 7 heteroatoms. The molecule has 0 aliphatic carbocycles. The number of rotatable bonds is 5. The van der Waals surface area contributed by atoms with E-state index >= 15 is 0 Å². The van der Waals surface area contributed by atoms with Gasteiger partial charge in [-0.2, -0.15) is 0 Å². The van der Waals surface area contributed by atoms with E-state index in [1.165, 1.54) is 12.8 Å². The third kappa shape index (κ3) is 3.89. The summed E-state index contributed by atoms with van der Waals surface area (Å²) < 4.78 is 1.08. The average molecular weight is 421 g/mol. The fourth-order valence-corrected chi connectivity index (χ4v) is 5.15. The standard InChI is InChI=1S/C23H24N4O2S/c28-21-4-3-13-27(21)15-16-5-7-17(8-6-16)22(29)24-18-9-10-19-20(14-18)30-23(25-19)26-11-1-2-12-26/h5-10,14H,1-4,11-13,15H2,(H,24,29). The van der Waals surface area contributed by atoms with Gasteiger partial charge in [0.25, 0.3) is 5.91 Å². The van der Waals surface area contributed by atoms with E-state index in [0.717, 1.165) is 52.7 Å². The van der Waals surface area contributed by atoms with Crippen LogP contribution in [0.15, 0.2) is 42.5 Å². The number of nitrogens with one attached hydrogen (secondary N) is 1. The minimum atomic E-state index is -0.137. The number of aromatic nitrogens is 1. The summed E-state index contributed by atoms with van der Waals surface area (Å²) in [6.07, 6.45) is 4.03. The summed E-state index contributed by atoms with van der Waals surface area (Å²) in [7, 11) is 0. The molecule has 5 rings (SSSR count). The summed E-state index contributed by atoms with van der Waals surface area (Å²) in [6, 6.07) is 13.4. The molecule has 0 saturated carbocycles. The maximum atomic E-state index is 12.7. The van der Waals surface area contributed by atoms with Crippen LogP contribution in [0.4, 0.5) is 10.8 Å². The topological polar surface area (TPSA) is 65.5 Å². The SMILES string of the molecule is O=C(Nc1ccc2nc(N3CCCC3)sc2c1)c1ccc(CN2CCCC2=O)cc1. The van der Waals surface area contributed by atoms with E-state index in [1.807, 2.05) is 47.4 Å². The highest BCUT2D eigenvalue weighted by Gasteiger charge is 2.20. The summed E-state index contributed by atoms with van der Waals surface area (Å²) in [4.78, 5) is 33.4. The predicted molar refractivity (Wildman–Crippen MR) is 120 cm³/mol. The molecule has 3 aromatic rings. The summed E-state index contributed by atoms with van der Waals surface area (Å²) >= 11 is 1.68. The first-order chi connectivity index (χ1) is 14.7. The fraction of sp³-hybridized carbons (Fsp3) is 0.348. The second-order valence-corrected chi connectivity index (χ2v) is 8.95. The first kappa shape index (κ1) is 19.1. The zero-order valence-electron chi connectivity index (χ0n) is 16.8. The average Bonchev–Trinajstić information content (AvgIpc) is 3.49. The summed E-state index contributed by atoms with van der Waals surface area (Å²) in [5, 5.41) is 4.06. The number of fused-ring (bicyclic) bond motifs is 1. The molecular formula is C23H24N4O2S. The van der Waals surface area contributed by atoms with Gasteiger partial charge in [0.15, 0.2) is 5.13 Å². The van der Waals surface area contributed by atoms with Crippen molar-refractivity contribution < 1.29 is 9.59 Å². The minimum absolute atomic E-state index is 0.137. The number of carbonyl (C=O) groups excluding carboxylic acids is 2. The van der Waals surface area contributed by atoms with Crippen LogP contribution in [0.2, 0.25) is 0 Å². The van der Waals surface area contributed by atoms with Crippen molar-refractivity contribution in [3.8, 4) is 0 Å². The number of hydrogen-bond acceptors (Lipinski definition) is 5. The Morgan fingerprint density at radius 3 is 2.57 bits per heavy atom. The fourth-order valence-electron chi connectivity index (χ4n) is 4.09. The number of anilines is 2. The van der Waals surface area contributed by atoms with Crippen LogP contribution in [0.25, 0.3) is 10.2 Å². The van der Waals surface area contributed by atoms with Crippen molar-refractivity contribution in [3.05, 3.63) is 53.6 Å². The predicted octanol–water partition coefficient (Wildman–Crippen LogP) is 4.27. The first-order valence-electron chi connectivity index (χ1n) is 10.5. The number of likely N-dealkylation sites (tertiary alicyclic amines) is 1. The third-order valence-electron chi connectivity index (χ3n) is 5.77. The van der Waals surface area contributed by atoms with Gasteiger partial charge in [0.2, 0.25) is 5.91 Å². The van der Waals surface area contributed by atoms with E-state index < -0.39 is 0 Å². The molecule has 2 amide bonds. The molecule has 1 N–H and O–H groups in total. The maximum Gasteiger partial charge on any atom is 0.255 e. The molecule has 30 heavy (non-hydrogen) atoms. The van der Waals surface area contributed by atoms with Crippen LogP contribution in [-0.4, -0.2) is 41.3 Å². The largest absolute Gasteiger partial charge is 0.348 e. The quantitative estimate of drug-likeness (QED) is 0.669. The zero-order chi connectivity index (χ0) is 20.5. The molecule has 0 atom stereocenters. The van der Waals surface area contributed by atoms with Gasteiger partial charge in [-0.25, -0.2) is 4.98 Å². The molecule has 2 aromatic carbocycles. The van der Waals surface area contributed by atoms with Gasteiger partial charge in [0, 0.05) is 43.9 Å². The van der Waals surface area contributed by atoms with Crippen LogP contribution in [0.5, 0.6) is 0 Å². The van der Waals surface area contributed by atoms with Gasteiger partial charge in [-0.05, 0) is 55.2 Å². The second-order valence-electron chi connectivity index (χ2n) is 7.94. The van der Waals surface area contributed by atoms with Gasteiger partial charge in [-0.1, -0.05) is 23.5 Å². The van der Waals surface area contributed by atoms with E-state index in [-0.39, 0.29) is 11.8 Å². The molecule has 0 radical (unpaired) electrons. The summed E-state index contributed by atoms with van der Waals surface area (Å²) in [5.41, 5.74) is 3.40. The van der Waals surface area contributed by atoms with E-state index in [9.17, 15) is 9.59 Å². The lowest BCUT2D eigenvalue weighted by Crippen LogP contribution is -2.23. The first-order valence-corrected chi connectivity index (χ1v) is 11.3. The lowest BCUT2D eigenvalue weighted by Gasteiger charge is -2.15. The highest BCUT2D eigenvalue weighted by atomic mass is 32.1. The van der Waals surface area contributed by atoms with Crippen molar-refractivity contribution in [1.82, 2.24) is 9.88 Å². The third-order valence-corrected chi connectivity index (χ3v) is 6.85. The Morgan fingerprint density at radius 2 is 1.83 bits per heavy atom. The molecule has 0 spiro atoms. The molecule has 2 fully saturated rings. The number of hydrogen-bond donors (Lipinski definition) is 1. The lowest BCUT2D eigenvalue weighted by atomic mass is 10.1. The van der Waals surface area contributed by atoms with Crippen molar-refractivity contribution in [2.45, 2.75) is 32.2 Å². The molecule has 1 aromatic heterocycles. The van der Waals surface area contributed by atoms with Gasteiger partial charge in [0.05, 0.1) is 10.2 Å². The van der Waals surface area contributed by atoms with Gasteiger partial charge < -0.3 is 15.1 Å². The van der Waals surface area contributed by atoms with Crippen molar-refractivity contribution in [1.29, 1.82) is 0 Å². The molecular weight excluding hydrogens is 396 g/mol. The van der Waals surface area contributed by atoms with Crippen LogP contribution in [0.3, 0.4) is 0 Å². The molecule has 0 unspecified atom stereocenters. The Kier molecular flexibility index (Phi) is 5.12. The van der Waals surface area contributed by atoms with Crippen LogP contribution < -0.4 is 10.2 Å². The normalized spacial score (nSPS) is 16.6. The van der Waals surface area contributed by atoms with Crippen LogP contribution in [0, 0.1) is 0 Å². The molecule has 2 saturated heterocycles. The smallest absolute Gasteiger partial charge is 0.255 e. The highest BCUT2D eigenvalue weighted by molar-refractivity contribution is 7.22. The van der Waals surface area contributed by atoms with Crippen molar-refractivity contribution >= 4 is 44.2 Å². The van der Waals surface area contributed by atoms with Crippen LogP contribution in [-0.2, 0) is 11.3 Å². The highest BCUT2D eigenvalue weighted by Crippen LogP contribution is 2.32. The number of thiazole rings is 1. The molecule has 2 aliphatic rings. The van der Waals surface area contributed by atoms with E-state index in [2.05, 4.69) is 10.2 Å². The van der Waals surface area contributed by atoms with Gasteiger partial charge in [0.1, 0.15) is 0 Å². The number of amides is 2. The zero-order valence-corrected chi connectivity index (χ0v) is 17.6. The number of nitrogens with zero attached hydrogens (tertiary/aromatic N) is 3. The summed E-state index contributed by atoms with van der Waals surface area (Å²) in [5.74, 6) is 0.0746. The molecule has 0 bridgehead atoms. The number of carbonyl (C=O) groups is 2. The number of benzene rings is 2. The van der Waals surface area contributed by atoms with Crippen LogP contribution in [0.1, 0.15) is 41.6 Å². The van der Waals surface area contributed by atoms with Crippen molar-refractivity contribution in [3.63, 3.8) is 0 Å². The van der Waals surface area contributed by atoms with E-state index in [4.69, 9.17) is 4.98 Å². The molecule has 6 nitrogen and oxygen atoms in total. The van der Waals surface area contributed by atoms with Crippen molar-refractivity contribution in [2.75, 3.05) is 29.9 Å². The monoisotopic (exact) mass is 420 g/mol. The molecule has 3 heterocycles.